The number of benzene rings is 1. The van der Waals surface area contributed by atoms with Crippen LogP contribution in [0.15, 0.2) is 48.3 Å². The van der Waals surface area contributed by atoms with Crippen LogP contribution in [0.3, 0.4) is 0 Å². The minimum atomic E-state index is -0.814. The molecule has 1 atom stereocenters. The van der Waals surface area contributed by atoms with E-state index in [4.69, 9.17) is 4.74 Å². The Balaban J connectivity index is 2.13. The number of halogens is 1. The maximum absolute atomic E-state index is 13.9. The molecule has 1 aromatic carbocycles. The van der Waals surface area contributed by atoms with Crippen LogP contribution >= 0.6 is 0 Å². The number of amides is 1. The number of hydrogen-bond donors (Lipinski definition) is 1. The van der Waals surface area contributed by atoms with Gasteiger partial charge in [-0.3, -0.25) is 14.6 Å². The number of ketones is 1. The third-order valence-corrected chi connectivity index (χ3v) is 4.98. The molecule has 0 aliphatic carbocycles. The molecule has 158 valence electrons. The van der Waals surface area contributed by atoms with Gasteiger partial charge in [0.05, 0.1) is 24.3 Å². The molecule has 0 bridgehead atoms. The number of aliphatic hydroxyl groups is 1. The number of carbonyl (C=O) groups excluding carboxylic acids is 2. The summed E-state index contributed by atoms with van der Waals surface area (Å²) in [5, 5.41) is 11.0. The Hall–Kier alpha value is -3.26. The van der Waals surface area contributed by atoms with E-state index in [0.29, 0.717) is 18.5 Å². The Morgan fingerprint density at radius 2 is 1.93 bits per heavy atom. The molecular formula is C22H24FN3O4. The van der Waals surface area contributed by atoms with Crippen molar-refractivity contribution in [2.75, 3.05) is 34.3 Å². The average Bonchev–Trinajstić information content (AvgIpc) is 2.98. The highest BCUT2D eigenvalue weighted by atomic mass is 19.1. The number of pyridine rings is 1. The molecule has 2 aromatic rings. The standard InChI is InChI=1S/C22H24FN3O4/c1-25(2)11-4-12-26-19(14-7-9-24-10-8-14)18(21(28)22(26)29)20(27)16-13-15(23)5-6-17(16)30-3/h5-10,13,19,27H,4,11-12H2,1-3H3/b20-18+/t19-/m1/s1. The molecule has 0 saturated carbocycles. The molecule has 1 aliphatic heterocycles. The van der Waals surface area contributed by atoms with E-state index in [1.54, 1.807) is 24.5 Å². The molecule has 0 unspecified atom stereocenters. The molecule has 0 radical (unpaired) electrons. The van der Waals surface area contributed by atoms with Crippen molar-refractivity contribution in [3.63, 3.8) is 0 Å². The Kier molecular flexibility index (Phi) is 6.47. The summed E-state index contributed by atoms with van der Waals surface area (Å²) in [6.45, 7) is 1.05. The van der Waals surface area contributed by atoms with Gasteiger partial charge in [-0.15, -0.1) is 0 Å². The molecular weight excluding hydrogens is 389 g/mol. The lowest BCUT2D eigenvalue weighted by Gasteiger charge is -2.26. The first-order valence-electron chi connectivity index (χ1n) is 9.52. The van der Waals surface area contributed by atoms with Crippen molar-refractivity contribution < 1.29 is 23.8 Å². The van der Waals surface area contributed by atoms with E-state index < -0.39 is 29.3 Å². The predicted molar refractivity (Wildman–Crippen MR) is 109 cm³/mol. The fraction of sp³-hybridized carbons (Fsp3) is 0.318. The van der Waals surface area contributed by atoms with Crippen LogP contribution in [0.5, 0.6) is 5.75 Å². The normalized spacial score (nSPS) is 18.3. The second-order valence-electron chi connectivity index (χ2n) is 7.27. The lowest BCUT2D eigenvalue weighted by atomic mass is 9.95. The molecule has 1 amide bonds. The second-order valence-corrected chi connectivity index (χ2v) is 7.27. The number of likely N-dealkylation sites (tertiary alicyclic amines) is 1. The van der Waals surface area contributed by atoms with E-state index in [1.807, 2.05) is 19.0 Å². The summed E-state index contributed by atoms with van der Waals surface area (Å²) in [4.78, 5) is 33.2. The number of hydrogen-bond acceptors (Lipinski definition) is 6. The Labute approximate surface area is 174 Å². The highest BCUT2D eigenvalue weighted by molar-refractivity contribution is 6.46. The average molecular weight is 413 g/mol. The third kappa shape index (κ3) is 4.18. The highest BCUT2D eigenvalue weighted by Crippen LogP contribution is 2.40. The van der Waals surface area contributed by atoms with Crippen molar-refractivity contribution >= 4 is 17.4 Å². The minimum Gasteiger partial charge on any atom is -0.507 e. The van der Waals surface area contributed by atoms with Crippen molar-refractivity contribution in [3.8, 4) is 5.75 Å². The number of aromatic nitrogens is 1. The zero-order valence-electron chi connectivity index (χ0n) is 17.1. The third-order valence-electron chi connectivity index (χ3n) is 4.98. The van der Waals surface area contributed by atoms with Crippen molar-refractivity contribution in [2.24, 2.45) is 0 Å². The van der Waals surface area contributed by atoms with Crippen LogP contribution in [0.4, 0.5) is 4.39 Å². The summed E-state index contributed by atoms with van der Waals surface area (Å²) in [5.41, 5.74) is 0.550. The number of Topliss-reactive ketones (excluding diaryl/α,β-unsaturated/α-hetero) is 1. The number of aliphatic hydroxyl groups excluding tert-OH is 1. The lowest BCUT2D eigenvalue weighted by molar-refractivity contribution is -0.139. The van der Waals surface area contributed by atoms with Crippen molar-refractivity contribution in [3.05, 3.63) is 65.2 Å². The Bertz CT molecular complexity index is 976. The quantitative estimate of drug-likeness (QED) is 0.427. The largest absolute Gasteiger partial charge is 0.507 e. The Morgan fingerprint density at radius 3 is 2.57 bits per heavy atom. The highest BCUT2D eigenvalue weighted by Gasteiger charge is 2.46. The molecule has 1 N–H and O–H groups in total. The van der Waals surface area contributed by atoms with Gasteiger partial charge in [-0.2, -0.15) is 0 Å². The van der Waals surface area contributed by atoms with Crippen LogP contribution in [0, 0.1) is 5.82 Å². The molecule has 2 heterocycles. The molecule has 30 heavy (non-hydrogen) atoms. The van der Waals surface area contributed by atoms with Gasteiger partial charge in [-0.05, 0) is 63.0 Å². The summed E-state index contributed by atoms with van der Waals surface area (Å²) in [7, 11) is 5.22. The van der Waals surface area contributed by atoms with Crippen LogP contribution in [0.1, 0.15) is 23.6 Å². The SMILES string of the molecule is COc1ccc(F)cc1/C(O)=C1\C(=O)C(=O)N(CCCN(C)C)[C@@H]1c1ccncc1. The number of methoxy groups -OCH3 is 1. The first kappa shape index (κ1) is 21.4. The predicted octanol–water partition coefficient (Wildman–Crippen LogP) is 2.60. The van der Waals surface area contributed by atoms with Gasteiger partial charge in [-0.1, -0.05) is 0 Å². The summed E-state index contributed by atoms with van der Waals surface area (Å²) < 4.78 is 19.1. The summed E-state index contributed by atoms with van der Waals surface area (Å²) in [6.07, 6.45) is 3.75. The van der Waals surface area contributed by atoms with Gasteiger partial charge in [-0.25, -0.2) is 4.39 Å². The van der Waals surface area contributed by atoms with Gasteiger partial charge < -0.3 is 19.6 Å². The molecule has 1 saturated heterocycles. The number of ether oxygens (including phenoxy) is 1. The van der Waals surface area contributed by atoms with E-state index in [9.17, 15) is 19.1 Å². The van der Waals surface area contributed by atoms with Crippen molar-refractivity contribution in [1.29, 1.82) is 0 Å². The van der Waals surface area contributed by atoms with Gasteiger partial charge in [0.2, 0.25) is 0 Å². The lowest BCUT2D eigenvalue weighted by Crippen LogP contribution is -2.32. The number of nitrogens with zero attached hydrogens (tertiary/aromatic N) is 3. The van der Waals surface area contributed by atoms with Crippen LogP contribution in [-0.2, 0) is 9.59 Å². The molecule has 1 aliphatic rings. The number of carbonyl (C=O) groups is 2. The fourth-order valence-electron chi connectivity index (χ4n) is 3.57. The first-order valence-corrected chi connectivity index (χ1v) is 9.52. The maximum Gasteiger partial charge on any atom is 0.295 e. The van der Waals surface area contributed by atoms with Crippen LogP contribution in [0.2, 0.25) is 0 Å². The molecule has 1 fully saturated rings. The summed E-state index contributed by atoms with van der Waals surface area (Å²) in [6, 6.07) is 6.20. The van der Waals surface area contributed by atoms with E-state index in [-0.39, 0.29) is 16.9 Å². The van der Waals surface area contributed by atoms with Crippen LogP contribution in [0.25, 0.3) is 5.76 Å². The monoisotopic (exact) mass is 413 g/mol. The van der Waals surface area contributed by atoms with Crippen molar-refractivity contribution in [2.45, 2.75) is 12.5 Å². The summed E-state index contributed by atoms with van der Waals surface area (Å²) >= 11 is 0. The second kappa shape index (κ2) is 9.04. The Morgan fingerprint density at radius 1 is 1.23 bits per heavy atom. The van der Waals surface area contributed by atoms with Crippen LogP contribution in [-0.4, -0.2) is 65.9 Å². The fourth-order valence-corrected chi connectivity index (χ4v) is 3.57. The molecule has 0 spiro atoms. The zero-order chi connectivity index (χ0) is 21.8. The number of rotatable bonds is 7. The van der Waals surface area contributed by atoms with Crippen molar-refractivity contribution in [1.82, 2.24) is 14.8 Å². The van der Waals surface area contributed by atoms with E-state index in [1.165, 1.54) is 24.1 Å². The maximum atomic E-state index is 13.9. The van der Waals surface area contributed by atoms with Gasteiger partial charge in [0.1, 0.15) is 17.3 Å². The molecule has 3 rings (SSSR count). The first-order chi connectivity index (χ1) is 14.3. The zero-order valence-corrected chi connectivity index (χ0v) is 17.1. The molecule has 1 aromatic heterocycles. The summed E-state index contributed by atoms with van der Waals surface area (Å²) in [5.74, 6) is -2.39. The van der Waals surface area contributed by atoms with E-state index >= 15 is 0 Å². The van der Waals surface area contributed by atoms with Crippen LogP contribution < -0.4 is 4.74 Å². The minimum absolute atomic E-state index is 0.0165. The van der Waals surface area contributed by atoms with E-state index in [0.717, 1.165) is 12.6 Å². The van der Waals surface area contributed by atoms with E-state index in [2.05, 4.69) is 4.98 Å². The van der Waals surface area contributed by atoms with Gasteiger partial charge >= 0.3 is 0 Å². The topological polar surface area (TPSA) is 83.0 Å². The molecule has 8 heteroatoms. The molecule has 7 nitrogen and oxygen atoms in total. The van der Waals surface area contributed by atoms with Gasteiger partial charge in [0.25, 0.3) is 11.7 Å². The van der Waals surface area contributed by atoms with Gasteiger partial charge in [0, 0.05) is 18.9 Å². The smallest absolute Gasteiger partial charge is 0.295 e. The van der Waals surface area contributed by atoms with Gasteiger partial charge in [0.15, 0.2) is 0 Å².